The molecule has 0 radical (unpaired) electrons. The summed E-state index contributed by atoms with van der Waals surface area (Å²) in [5.41, 5.74) is 3.54. The van der Waals surface area contributed by atoms with Crippen LogP contribution in [0.25, 0.3) is 5.65 Å². The Morgan fingerprint density at radius 1 is 1.21 bits per heavy atom. The maximum Gasteiger partial charge on any atom is 0.222 e. The average Bonchev–Trinajstić information content (AvgIpc) is 2.95. The molecule has 2 aliphatic rings. The van der Waals surface area contributed by atoms with Gasteiger partial charge in [-0.05, 0) is 51.3 Å². The Morgan fingerprint density at radius 3 is 2.83 bits per heavy atom. The third-order valence-electron chi connectivity index (χ3n) is 6.14. The highest BCUT2D eigenvalue weighted by molar-refractivity contribution is 5.79. The molecule has 128 valence electrons. The van der Waals surface area contributed by atoms with Gasteiger partial charge in [0, 0.05) is 44.0 Å². The molecule has 1 amide bonds. The minimum Gasteiger partial charge on any atom is -0.340 e. The van der Waals surface area contributed by atoms with Gasteiger partial charge >= 0.3 is 0 Å². The van der Waals surface area contributed by atoms with E-state index in [0.29, 0.717) is 5.91 Å². The largest absolute Gasteiger partial charge is 0.340 e. The molecule has 4 rings (SSSR count). The van der Waals surface area contributed by atoms with Crippen molar-refractivity contribution in [3.63, 3.8) is 0 Å². The lowest BCUT2D eigenvalue weighted by Crippen LogP contribution is -2.43. The molecule has 24 heavy (non-hydrogen) atoms. The minimum absolute atomic E-state index is 0.111. The predicted octanol–water partition coefficient (Wildman–Crippen LogP) is 2.62. The zero-order valence-corrected chi connectivity index (χ0v) is 14.7. The molecule has 2 aliphatic heterocycles. The molecule has 0 saturated carbocycles. The lowest BCUT2D eigenvalue weighted by molar-refractivity contribution is -0.129. The summed E-state index contributed by atoms with van der Waals surface area (Å²) < 4.78 is 2.16. The van der Waals surface area contributed by atoms with Gasteiger partial charge in [0.15, 0.2) is 0 Å². The van der Waals surface area contributed by atoms with E-state index in [1.807, 2.05) is 24.1 Å². The number of rotatable bonds is 2. The average molecular weight is 326 g/mol. The Bertz CT molecular complexity index is 768. The van der Waals surface area contributed by atoms with Crippen LogP contribution in [0.15, 0.2) is 24.4 Å². The van der Waals surface area contributed by atoms with Crippen molar-refractivity contribution in [3.8, 4) is 0 Å². The number of hydrogen-bond donors (Lipinski definition) is 0. The van der Waals surface area contributed by atoms with Gasteiger partial charge < -0.3 is 9.30 Å². The van der Waals surface area contributed by atoms with Gasteiger partial charge in [0.05, 0.1) is 5.69 Å². The smallest absolute Gasteiger partial charge is 0.222 e. The number of carbonyl (C=O) groups excluding carboxylic acids is 1. The number of carbonyl (C=O) groups is 1. The predicted molar refractivity (Wildman–Crippen MR) is 93.8 cm³/mol. The summed E-state index contributed by atoms with van der Waals surface area (Å²) in [5.74, 6) is 0.319. The highest BCUT2D eigenvalue weighted by atomic mass is 16.2. The number of aryl methyl sites for hydroxylation is 1. The fourth-order valence-electron chi connectivity index (χ4n) is 4.45. The Hall–Kier alpha value is -1.88. The van der Waals surface area contributed by atoms with E-state index in [9.17, 15) is 4.79 Å². The summed E-state index contributed by atoms with van der Waals surface area (Å²) in [5, 5.41) is 0. The molecule has 4 heterocycles. The Kier molecular flexibility index (Phi) is 3.83. The molecule has 2 fully saturated rings. The molecular weight excluding hydrogens is 300 g/mol. The number of imidazole rings is 1. The van der Waals surface area contributed by atoms with Crippen LogP contribution in [0, 0.1) is 6.92 Å². The fourth-order valence-corrected chi connectivity index (χ4v) is 4.45. The molecule has 0 unspecified atom stereocenters. The van der Waals surface area contributed by atoms with E-state index in [2.05, 4.69) is 28.5 Å². The third kappa shape index (κ3) is 2.51. The summed E-state index contributed by atoms with van der Waals surface area (Å²) in [6.07, 6.45) is 7.21. The SMILES string of the molecule is Cc1c(CN2CCC[C@@]3(CCC(=O)N3C)CC2)nc2ccccn12. The lowest BCUT2D eigenvalue weighted by Gasteiger charge is -2.35. The molecule has 1 spiro atoms. The topological polar surface area (TPSA) is 40.9 Å². The second-order valence-corrected chi connectivity index (χ2v) is 7.38. The van der Waals surface area contributed by atoms with Crippen LogP contribution in [0.1, 0.15) is 43.5 Å². The van der Waals surface area contributed by atoms with Crippen molar-refractivity contribution in [1.29, 1.82) is 0 Å². The van der Waals surface area contributed by atoms with Gasteiger partial charge in [0.2, 0.25) is 5.91 Å². The lowest BCUT2D eigenvalue weighted by atomic mass is 9.88. The molecule has 5 heteroatoms. The zero-order valence-electron chi connectivity index (χ0n) is 14.7. The standard InChI is InChI=1S/C19H26N4O/c1-15-16(20-17-6-3-4-12-23(15)17)14-22-11-5-8-19(10-13-22)9-7-18(24)21(19)2/h3-4,6,12H,5,7-11,13-14H2,1-2H3/t19-/m1/s1. The molecular formula is C19H26N4O. The Labute approximate surface area is 143 Å². The van der Waals surface area contributed by atoms with Gasteiger partial charge in [-0.25, -0.2) is 4.98 Å². The van der Waals surface area contributed by atoms with Crippen LogP contribution in [-0.2, 0) is 11.3 Å². The first-order chi connectivity index (χ1) is 11.6. The maximum atomic E-state index is 12.0. The number of likely N-dealkylation sites (tertiary alicyclic amines) is 2. The molecule has 1 atom stereocenters. The fraction of sp³-hybridized carbons (Fsp3) is 0.579. The number of fused-ring (bicyclic) bond motifs is 1. The summed E-state index contributed by atoms with van der Waals surface area (Å²) in [6.45, 7) is 5.20. The number of aromatic nitrogens is 2. The second-order valence-electron chi connectivity index (χ2n) is 7.38. The van der Waals surface area contributed by atoms with Crippen LogP contribution >= 0.6 is 0 Å². The van der Waals surface area contributed by atoms with E-state index in [0.717, 1.165) is 57.4 Å². The van der Waals surface area contributed by atoms with Crippen LogP contribution in [0.5, 0.6) is 0 Å². The highest BCUT2D eigenvalue weighted by Gasteiger charge is 2.43. The van der Waals surface area contributed by atoms with Crippen LogP contribution in [0.3, 0.4) is 0 Å². The first kappa shape index (κ1) is 15.6. The van der Waals surface area contributed by atoms with E-state index in [4.69, 9.17) is 4.98 Å². The van der Waals surface area contributed by atoms with E-state index in [1.54, 1.807) is 0 Å². The molecule has 0 N–H and O–H groups in total. The van der Waals surface area contributed by atoms with E-state index < -0.39 is 0 Å². The molecule has 0 bridgehead atoms. The molecule has 5 nitrogen and oxygen atoms in total. The Balaban J connectivity index is 1.50. The Morgan fingerprint density at radius 2 is 2.08 bits per heavy atom. The minimum atomic E-state index is 0.111. The highest BCUT2D eigenvalue weighted by Crippen LogP contribution is 2.38. The number of pyridine rings is 1. The first-order valence-corrected chi connectivity index (χ1v) is 9.01. The van der Waals surface area contributed by atoms with E-state index in [-0.39, 0.29) is 5.54 Å². The van der Waals surface area contributed by atoms with Crippen LogP contribution in [0.2, 0.25) is 0 Å². The van der Waals surface area contributed by atoms with Gasteiger partial charge in [-0.2, -0.15) is 0 Å². The molecule has 0 aromatic carbocycles. The first-order valence-electron chi connectivity index (χ1n) is 9.01. The molecule has 2 aromatic heterocycles. The van der Waals surface area contributed by atoms with Gasteiger partial charge in [-0.1, -0.05) is 6.07 Å². The van der Waals surface area contributed by atoms with Crippen molar-refractivity contribution >= 4 is 11.6 Å². The summed E-state index contributed by atoms with van der Waals surface area (Å²) in [4.78, 5) is 21.3. The second kappa shape index (κ2) is 5.88. The maximum absolute atomic E-state index is 12.0. The van der Waals surface area contributed by atoms with Crippen molar-refractivity contribution in [2.45, 2.75) is 51.1 Å². The van der Waals surface area contributed by atoms with Crippen LogP contribution in [-0.4, -0.2) is 50.8 Å². The number of nitrogens with zero attached hydrogens (tertiary/aromatic N) is 4. The summed E-state index contributed by atoms with van der Waals surface area (Å²) in [7, 11) is 2.00. The van der Waals surface area contributed by atoms with Crippen molar-refractivity contribution in [2.24, 2.45) is 0 Å². The molecule has 2 aromatic rings. The van der Waals surface area contributed by atoms with Crippen molar-refractivity contribution in [3.05, 3.63) is 35.8 Å². The van der Waals surface area contributed by atoms with Gasteiger partial charge in [-0.3, -0.25) is 9.69 Å². The van der Waals surface area contributed by atoms with Crippen molar-refractivity contribution in [1.82, 2.24) is 19.2 Å². The quantitative estimate of drug-likeness (QED) is 0.852. The van der Waals surface area contributed by atoms with Crippen molar-refractivity contribution < 1.29 is 4.79 Å². The normalized spacial score (nSPS) is 25.8. The van der Waals surface area contributed by atoms with Gasteiger partial charge in [-0.15, -0.1) is 0 Å². The van der Waals surface area contributed by atoms with Gasteiger partial charge in [0.25, 0.3) is 0 Å². The van der Waals surface area contributed by atoms with Gasteiger partial charge in [0.1, 0.15) is 5.65 Å². The summed E-state index contributed by atoms with van der Waals surface area (Å²) >= 11 is 0. The van der Waals surface area contributed by atoms with Crippen LogP contribution in [0.4, 0.5) is 0 Å². The summed E-state index contributed by atoms with van der Waals surface area (Å²) in [6, 6.07) is 6.15. The number of hydrogen-bond acceptors (Lipinski definition) is 3. The third-order valence-corrected chi connectivity index (χ3v) is 6.14. The molecule has 0 aliphatic carbocycles. The zero-order chi connectivity index (χ0) is 16.7. The van der Waals surface area contributed by atoms with Crippen molar-refractivity contribution in [2.75, 3.05) is 20.1 Å². The number of amides is 1. The van der Waals surface area contributed by atoms with E-state index in [1.165, 1.54) is 11.4 Å². The van der Waals surface area contributed by atoms with E-state index >= 15 is 0 Å². The monoisotopic (exact) mass is 326 g/mol. The molecule has 2 saturated heterocycles. The van der Waals surface area contributed by atoms with Crippen LogP contribution < -0.4 is 0 Å².